The maximum Gasteiger partial charge on any atom is 0.224 e. The van der Waals surface area contributed by atoms with Crippen LogP contribution in [0.25, 0.3) is 0 Å². The van der Waals surface area contributed by atoms with Crippen LogP contribution in [0, 0.1) is 6.92 Å². The fourth-order valence-electron chi connectivity index (χ4n) is 2.20. The van der Waals surface area contributed by atoms with Crippen molar-refractivity contribution in [3.05, 3.63) is 11.8 Å². The molecule has 2 heterocycles. The van der Waals surface area contributed by atoms with Gasteiger partial charge in [0.25, 0.3) is 0 Å². The molecule has 0 spiro atoms. The van der Waals surface area contributed by atoms with Crippen LogP contribution >= 0.6 is 0 Å². The SMILES string of the molecule is CCNc1nc(C)cc(N2CCN(S(C)(=O)=O)CC2)n1. The highest BCUT2D eigenvalue weighted by molar-refractivity contribution is 7.88. The van der Waals surface area contributed by atoms with E-state index in [4.69, 9.17) is 0 Å². The number of sulfonamides is 1. The summed E-state index contributed by atoms with van der Waals surface area (Å²) < 4.78 is 24.5. The number of piperazine rings is 1. The molecule has 7 nitrogen and oxygen atoms in total. The molecule has 20 heavy (non-hydrogen) atoms. The minimum absolute atomic E-state index is 0.498. The number of aryl methyl sites for hydroxylation is 1. The van der Waals surface area contributed by atoms with Crippen LogP contribution < -0.4 is 10.2 Å². The second-order valence-corrected chi connectivity index (χ2v) is 6.85. The minimum atomic E-state index is -3.09. The monoisotopic (exact) mass is 299 g/mol. The average molecular weight is 299 g/mol. The van der Waals surface area contributed by atoms with Crippen molar-refractivity contribution in [1.82, 2.24) is 14.3 Å². The third kappa shape index (κ3) is 3.57. The van der Waals surface area contributed by atoms with Crippen molar-refractivity contribution in [1.29, 1.82) is 0 Å². The normalized spacial score (nSPS) is 17.2. The predicted molar refractivity (Wildman–Crippen MR) is 79.6 cm³/mol. The average Bonchev–Trinajstić information content (AvgIpc) is 2.37. The van der Waals surface area contributed by atoms with E-state index in [0.717, 1.165) is 18.1 Å². The highest BCUT2D eigenvalue weighted by Crippen LogP contribution is 2.17. The smallest absolute Gasteiger partial charge is 0.224 e. The molecule has 1 aromatic heterocycles. The van der Waals surface area contributed by atoms with Crippen molar-refractivity contribution in [3.8, 4) is 0 Å². The summed E-state index contributed by atoms with van der Waals surface area (Å²) in [6.45, 7) is 6.99. The molecule has 1 saturated heterocycles. The van der Waals surface area contributed by atoms with Gasteiger partial charge in [0.1, 0.15) is 5.82 Å². The lowest BCUT2D eigenvalue weighted by atomic mass is 10.3. The van der Waals surface area contributed by atoms with E-state index in [2.05, 4.69) is 20.2 Å². The summed E-state index contributed by atoms with van der Waals surface area (Å²) in [5.41, 5.74) is 0.900. The summed E-state index contributed by atoms with van der Waals surface area (Å²) >= 11 is 0. The van der Waals surface area contributed by atoms with E-state index in [0.29, 0.717) is 32.1 Å². The number of hydrogen-bond acceptors (Lipinski definition) is 6. The van der Waals surface area contributed by atoms with Crippen molar-refractivity contribution in [3.63, 3.8) is 0 Å². The van der Waals surface area contributed by atoms with Crippen LogP contribution in [0.4, 0.5) is 11.8 Å². The van der Waals surface area contributed by atoms with Gasteiger partial charge in [-0.1, -0.05) is 0 Å². The highest BCUT2D eigenvalue weighted by Gasteiger charge is 2.24. The molecule has 0 aromatic carbocycles. The molecule has 1 fully saturated rings. The van der Waals surface area contributed by atoms with Gasteiger partial charge in [-0.3, -0.25) is 0 Å². The van der Waals surface area contributed by atoms with Crippen LogP contribution in [-0.4, -0.2) is 61.7 Å². The topological polar surface area (TPSA) is 78.4 Å². The van der Waals surface area contributed by atoms with Gasteiger partial charge in [-0.2, -0.15) is 9.29 Å². The molecule has 0 saturated carbocycles. The van der Waals surface area contributed by atoms with Crippen LogP contribution in [0.15, 0.2) is 6.07 Å². The van der Waals surface area contributed by atoms with Crippen molar-refractivity contribution in [2.45, 2.75) is 13.8 Å². The van der Waals surface area contributed by atoms with Crippen LogP contribution in [0.3, 0.4) is 0 Å². The molecule has 0 atom stereocenters. The number of nitrogens with zero attached hydrogens (tertiary/aromatic N) is 4. The largest absolute Gasteiger partial charge is 0.354 e. The third-order valence-corrected chi connectivity index (χ3v) is 4.51. The molecule has 0 radical (unpaired) electrons. The first-order valence-corrected chi connectivity index (χ1v) is 8.54. The van der Waals surface area contributed by atoms with E-state index in [-0.39, 0.29) is 0 Å². The summed E-state index contributed by atoms with van der Waals surface area (Å²) in [4.78, 5) is 10.9. The first-order chi connectivity index (χ1) is 9.40. The number of hydrogen-bond donors (Lipinski definition) is 1. The van der Waals surface area contributed by atoms with Gasteiger partial charge in [0.2, 0.25) is 16.0 Å². The van der Waals surface area contributed by atoms with Gasteiger partial charge in [-0.15, -0.1) is 0 Å². The number of aromatic nitrogens is 2. The molecule has 8 heteroatoms. The van der Waals surface area contributed by atoms with E-state index >= 15 is 0 Å². The summed E-state index contributed by atoms with van der Waals surface area (Å²) in [7, 11) is -3.09. The highest BCUT2D eigenvalue weighted by atomic mass is 32.2. The molecular weight excluding hydrogens is 278 g/mol. The Bertz CT molecular complexity index is 567. The Kier molecular flexibility index (Phi) is 4.44. The van der Waals surface area contributed by atoms with Crippen molar-refractivity contribution < 1.29 is 8.42 Å². The van der Waals surface area contributed by atoms with Crippen LogP contribution in [0.2, 0.25) is 0 Å². The minimum Gasteiger partial charge on any atom is -0.354 e. The molecule has 1 aromatic rings. The maximum absolute atomic E-state index is 11.5. The first kappa shape index (κ1) is 15.0. The first-order valence-electron chi connectivity index (χ1n) is 6.70. The molecule has 112 valence electrons. The predicted octanol–water partition coefficient (Wildman–Crippen LogP) is 0.298. The van der Waals surface area contributed by atoms with E-state index < -0.39 is 10.0 Å². The Morgan fingerprint density at radius 2 is 1.90 bits per heavy atom. The second-order valence-electron chi connectivity index (χ2n) is 4.87. The number of rotatable bonds is 4. The van der Waals surface area contributed by atoms with Gasteiger partial charge < -0.3 is 10.2 Å². The fraction of sp³-hybridized carbons (Fsp3) is 0.667. The Morgan fingerprint density at radius 3 is 2.45 bits per heavy atom. The van der Waals surface area contributed by atoms with E-state index in [9.17, 15) is 8.42 Å². The zero-order valence-corrected chi connectivity index (χ0v) is 12.9. The van der Waals surface area contributed by atoms with Gasteiger partial charge >= 0.3 is 0 Å². The Balaban J connectivity index is 2.10. The zero-order chi connectivity index (χ0) is 14.8. The summed E-state index contributed by atoms with van der Waals surface area (Å²) in [5.74, 6) is 1.47. The van der Waals surface area contributed by atoms with Crippen LogP contribution in [0.1, 0.15) is 12.6 Å². The molecule has 1 aliphatic heterocycles. The number of anilines is 2. The lowest BCUT2D eigenvalue weighted by molar-refractivity contribution is 0.387. The molecule has 0 bridgehead atoms. The fourth-order valence-corrected chi connectivity index (χ4v) is 3.03. The Labute approximate surface area is 120 Å². The van der Waals surface area contributed by atoms with Crippen molar-refractivity contribution >= 4 is 21.8 Å². The van der Waals surface area contributed by atoms with E-state index in [1.807, 2.05) is 19.9 Å². The van der Waals surface area contributed by atoms with Gasteiger partial charge in [0.15, 0.2) is 0 Å². The quantitative estimate of drug-likeness (QED) is 0.861. The van der Waals surface area contributed by atoms with Crippen LogP contribution in [-0.2, 0) is 10.0 Å². The lowest BCUT2D eigenvalue weighted by Crippen LogP contribution is -2.48. The molecular formula is C12H21N5O2S. The summed E-state index contributed by atoms with van der Waals surface area (Å²) in [5, 5.41) is 3.11. The molecule has 2 rings (SSSR count). The molecule has 1 aliphatic rings. The van der Waals surface area contributed by atoms with Crippen molar-refractivity contribution in [2.24, 2.45) is 0 Å². The second kappa shape index (κ2) is 5.92. The summed E-state index contributed by atoms with van der Waals surface area (Å²) in [6, 6.07) is 1.93. The van der Waals surface area contributed by atoms with Gasteiger partial charge in [0, 0.05) is 44.5 Å². The van der Waals surface area contributed by atoms with Crippen molar-refractivity contribution in [2.75, 3.05) is 49.2 Å². The van der Waals surface area contributed by atoms with Crippen LogP contribution in [0.5, 0.6) is 0 Å². The molecule has 0 unspecified atom stereocenters. The Morgan fingerprint density at radius 1 is 1.25 bits per heavy atom. The van der Waals surface area contributed by atoms with Gasteiger partial charge in [0.05, 0.1) is 6.26 Å². The van der Waals surface area contributed by atoms with E-state index in [1.54, 1.807) is 0 Å². The van der Waals surface area contributed by atoms with Gasteiger partial charge in [-0.25, -0.2) is 13.4 Å². The molecule has 1 N–H and O–H groups in total. The molecule has 0 amide bonds. The third-order valence-electron chi connectivity index (χ3n) is 3.21. The number of nitrogens with one attached hydrogen (secondary N) is 1. The standard InChI is InChI=1S/C12H21N5O2S/c1-4-13-12-14-10(2)9-11(15-12)16-5-7-17(8-6-16)20(3,18)19/h9H,4-8H2,1-3H3,(H,13,14,15). The zero-order valence-electron chi connectivity index (χ0n) is 12.1. The lowest BCUT2D eigenvalue weighted by Gasteiger charge is -2.34. The molecule has 0 aliphatic carbocycles. The van der Waals surface area contributed by atoms with Gasteiger partial charge in [-0.05, 0) is 13.8 Å². The Hall–Kier alpha value is -1.41. The van der Waals surface area contributed by atoms with E-state index in [1.165, 1.54) is 10.6 Å². The summed E-state index contributed by atoms with van der Waals surface area (Å²) in [6.07, 6.45) is 1.25. The maximum atomic E-state index is 11.5.